The minimum absolute atomic E-state index is 0.174. The predicted octanol–water partition coefficient (Wildman–Crippen LogP) is 3.87. The first-order valence-corrected chi connectivity index (χ1v) is 7.55. The maximum Gasteiger partial charge on any atom is 0.188 e. The van der Waals surface area contributed by atoms with E-state index in [1.807, 2.05) is 48.5 Å². The van der Waals surface area contributed by atoms with E-state index in [0.29, 0.717) is 5.75 Å². The molecule has 5 heteroatoms. The molecule has 0 N–H and O–H groups in total. The normalized spacial score (nSPS) is 10.8. The maximum atomic E-state index is 5.68. The van der Waals surface area contributed by atoms with Gasteiger partial charge in [0.05, 0.1) is 5.69 Å². The summed E-state index contributed by atoms with van der Waals surface area (Å²) in [4.78, 5) is 4.56. The highest BCUT2D eigenvalue weighted by Crippen LogP contribution is 2.35. The Bertz CT molecular complexity index is 805. The lowest BCUT2D eigenvalue weighted by Gasteiger charge is -2.13. The highest BCUT2D eigenvalue weighted by Gasteiger charge is 2.11. The van der Waals surface area contributed by atoms with Crippen molar-refractivity contribution in [2.75, 3.05) is 27.8 Å². The van der Waals surface area contributed by atoms with E-state index in [0.717, 1.165) is 27.8 Å². The van der Waals surface area contributed by atoms with Crippen LogP contribution in [0.15, 0.2) is 54.7 Å². The van der Waals surface area contributed by atoms with Gasteiger partial charge < -0.3 is 18.9 Å². The summed E-state index contributed by atoms with van der Waals surface area (Å²) in [6.07, 6.45) is 1.79. The summed E-state index contributed by atoms with van der Waals surface area (Å²) in [5.74, 6) is 1.42. The molecule has 0 spiro atoms. The summed E-state index contributed by atoms with van der Waals surface area (Å²) in [5, 5.41) is 1.77. The third kappa shape index (κ3) is 3.48. The third-order valence-electron chi connectivity index (χ3n) is 3.56. The summed E-state index contributed by atoms with van der Waals surface area (Å²) in [5.41, 5.74) is 1.91. The molecule has 3 aromatic rings. The fourth-order valence-corrected chi connectivity index (χ4v) is 2.45. The predicted molar refractivity (Wildman–Crippen MR) is 92.2 cm³/mol. The van der Waals surface area contributed by atoms with E-state index in [2.05, 4.69) is 4.98 Å². The number of hydrogen-bond donors (Lipinski definition) is 0. The van der Waals surface area contributed by atoms with E-state index < -0.39 is 0 Å². The first-order chi connectivity index (χ1) is 11.8. The van der Waals surface area contributed by atoms with Crippen LogP contribution < -0.4 is 9.47 Å². The molecule has 5 nitrogen and oxygen atoms in total. The van der Waals surface area contributed by atoms with E-state index in [9.17, 15) is 0 Å². The molecule has 0 radical (unpaired) electrons. The van der Waals surface area contributed by atoms with E-state index in [1.54, 1.807) is 20.4 Å². The van der Waals surface area contributed by atoms with Crippen LogP contribution >= 0.6 is 0 Å². The fraction of sp³-hybridized carbons (Fsp3) is 0.211. The smallest absolute Gasteiger partial charge is 0.188 e. The standard InChI is InChI=1S/C19H19NO4/c1-21-12-23-18-8-9-19(24-13-22-2)16-11-20-17(10-15(16)18)14-6-4-3-5-7-14/h3-11H,12-13H2,1-2H3. The van der Waals surface area contributed by atoms with Crippen LogP contribution in [0.4, 0.5) is 0 Å². The number of ether oxygens (including phenoxy) is 4. The average Bonchev–Trinajstić information content (AvgIpc) is 2.65. The van der Waals surface area contributed by atoms with Crippen molar-refractivity contribution in [1.82, 2.24) is 4.98 Å². The van der Waals surface area contributed by atoms with Crippen molar-refractivity contribution in [2.45, 2.75) is 0 Å². The fourth-order valence-electron chi connectivity index (χ4n) is 2.45. The molecule has 24 heavy (non-hydrogen) atoms. The van der Waals surface area contributed by atoms with Crippen molar-refractivity contribution >= 4 is 10.8 Å². The monoisotopic (exact) mass is 325 g/mol. The van der Waals surface area contributed by atoms with Gasteiger partial charge in [-0.05, 0) is 18.2 Å². The number of aromatic nitrogens is 1. The summed E-state index contributed by atoms with van der Waals surface area (Å²) in [6.45, 7) is 0.351. The molecule has 0 aliphatic carbocycles. The van der Waals surface area contributed by atoms with Crippen LogP contribution in [0.5, 0.6) is 11.5 Å². The van der Waals surface area contributed by atoms with Crippen LogP contribution in [0.3, 0.4) is 0 Å². The minimum Gasteiger partial charge on any atom is -0.467 e. The van der Waals surface area contributed by atoms with Crippen molar-refractivity contribution in [3.05, 3.63) is 54.7 Å². The summed E-state index contributed by atoms with van der Waals surface area (Å²) < 4.78 is 21.3. The molecule has 0 aliphatic rings. The summed E-state index contributed by atoms with van der Waals surface area (Å²) >= 11 is 0. The second kappa shape index (κ2) is 7.77. The van der Waals surface area contributed by atoms with Crippen molar-refractivity contribution in [2.24, 2.45) is 0 Å². The lowest BCUT2D eigenvalue weighted by Crippen LogP contribution is -2.02. The van der Waals surface area contributed by atoms with Gasteiger partial charge in [0.1, 0.15) is 11.5 Å². The van der Waals surface area contributed by atoms with Gasteiger partial charge in [-0.2, -0.15) is 0 Å². The Morgan fingerprint density at radius 3 is 2.04 bits per heavy atom. The molecule has 124 valence electrons. The molecule has 0 unspecified atom stereocenters. The SMILES string of the molecule is COCOc1ccc(OCOC)c2cc(-c3ccccc3)ncc12. The number of nitrogens with zero attached hydrogens (tertiary/aromatic N) is 1. The second-order valence-corrected chi connectivity index (χ2v) is 5.14. The van der Waals surface area contributed by atoms with Crippen LogP contribution in [-0.2, 0) is 9.47 Å². The topological polar surface area (TPSA) is 49.8 Å². The minimum atomic E-state index is 0.174. The van der Waals surface area contributed by atoms with Crippen LogP contribution in [0.2, 0.25) is 0 Å². The molecule has 0 amide bonds. The highest BCUT2D eigenvalue weighted by atomic mass is 16.7. The second-order valence-electron chi connectivity index (χ2n) is 5.14. The van der Waals surface area contributed by atoms with Gasteiger partial charge in [0, 0.05) is 36.8 Å². The molecule has 0 bridgehead atoms. The summed E-state index contributed by atoms with van der Waals surface area (Å²) in [7, 11) is 3.18. The van der Waals surface area contributed by atoms with Gasteiger partial charge in [-0.15, -0.1) is 0 Å². The first kappa shape index (κ1) is 16.2. The molecular weight excluding hydrogens is 306 g/mol. The van der Waals surface area contributed by atoms with Crippen LogP contribution in [-0.4, -0.2) is 32.8 Å². The zero-order chi connectivity index (χ0) is 16.8. The first-order valence-electron chi connectivity index (χ1n) is 7.55. The number of fused-ring (bicyclic) bond motifs is 1. The van der Waals surface area contributed by atoms with Gasteiger partial charge in [-0.1, -0.05) is 30.3 Å². The van der Waals surface area contributed by atoms with Gasteiger partial charge >= 0.3 is 0 Å². The van der Waals surface area contributed by atoms with E-state index in [1.165, 1.54) is 0 Å². The highest BCUT2D eigenvalue weighted by molar-refractivity contribution is 5.94. The van der Waals surface area contributed by atoms with Gasteiger partial charge in [-0.3, -0.25) is 4.98 Å². The molecule has 1 aromatic heterocycles. The number of benzene rings is 2. The van der Waals surface area contributed by atoms with E-state index in [4.69, 9.17) is 18.9 Å². The number of hydrogen-bond acceptors (Lipinski definition) is 5. The Hall–Kier alpha value is -2.63. The van der Waals surface area contributed by atoms with Crippen molar-refractivity contribution in [1.29, 1.82) is 0 Å². The van der Waals surface area contributed by atoms with Crippen LogP contribution in [0.25, 0.3) is 22.0 Å². The lowest BCUT2D eigenvalue weighted by atomic mass is 10.1. The van der Waals surface area contributed by atoms with Crippen LogP contribution in [0.1, 0.15) is 0 Å². The molecule has 0 atom stereocenters. The largest absolute Gasteiger partial charge is 0.467 e. The van der Waals surface area contributed by atoms with E-state index in [-0.39, 0.29) is 13.6 Å². The molecular formula is C19H19NO4. The Labute approximate surface area is 140 Å². The average molecular weight is 325 g/mol. The summed E-state index contributed by atoms with van der Waals surface area (Å²) in [6, 6.07) is 15.7. The molecule has 1 heterocycles. The van der Waals surface area contributed by atoms with Gasteiger partial charge in [0.15, 0.2) is 13.6 Å². The van der Waals surface area contributed by atoms with Crippen molar-refractivity contribution < 1.29 is 18.9 Å². The molecule has 0 aliphatic heterocycles. The van der Waals surface area contributed by atoms with Crippen molar-refractivity contribution in [3.8, 4) is 22.8 Å². The third-order valence-corrected chi connectivity index (χ3v) is 3.56. The number of rotatable bonds is 7. The molecule has 0 saturated carbocycles. The van der Waals surface area contributed by atoms with E-state index >= 15 is 0 Å². The lowest BCUT2D eigenvalue weighted by molar-refractivity contribution is 0.0500. The molecule has 0 saturated heterocycles. The molecule has 2 aromatic carbocycles. The van der Waals surface area contributed by atoms with Gasteiger partial charge in [0.25, 0.3) is 0 Å². The Morgan fingerprint density at radius 2 is 1.42 bits per heavy atom. The molecule has 3 rings (SSSR count). The maximum absolute atomic E-state index is 5.68. The zero-order valence-corrected chi connectivity index (χ0v) is 13.7. The van der Waals surface area contributed by atoms with Gasteiger partial charge in [0.2, 0.25) is 0 Å². The Kier molecular flexibility index (Phi) is 5.25. The number of methoxy groups -OCH3 is 2. The Balaban J connectivity index is 2.09. The molecule has 0 fully saturated rings. The zero-order valence-electron chi connectivity index (χ0n) is 13.7. The van der Waals surface area contributed by atoms with Crippen molar-refractivity contribution in [3.63, 3.8) is 0 Å². The van der Waals surface area contributed by atoms with Crippen LogP contribution in [0, 0.1) is 0 Å². The number of pyridine rings is 1. The van der Waals surface area contributed by atoms with Gasteiger partial charge in [-0.25, -0.2) is 0 Å². The quantitative estimate of drug-likeness (QED) is 0.617. The Morgan fingerprint density at radius 1 is 0.792 bits per heavy atom.